The molecule has 0 aliphatic carbocycles. The predicted molar refractivity (Wildman–Crippen MR) is 133 cm³/mol. The van der Waals surface area contributed by atoms with E-state index in [1.165, 1.54) is 11.0 Å². The van der Waals surface area contributed by atoms with E-state index < -0.39 is 17.8 Å². The fourth-order valence-corrected chi connectivity index (χ4v) is 5.53. The van der Waals surface area contributed by atoms with Crippen molar-refractivity contribution in [3.8, 4) is 22.9 Å². The number of rotatable bonds is 2. The van der Waals surface area contributed by atoms with E-state index in [1.54, 1.807) is 41.1 Å². The Bertz CT molecular complexity index is 1620. The summed E-state index contributed by atoms with van der Waals surface area (Å²) in [4.78, 5) is 15.3. The number of aromatic nitrogens is 2. The third-order valence-electron chi connectivity index (χ3n) is 6.59. The van der Waals surface area contributed by atoms with E-state index in [-0.39, 0.29) is 22.3 Å². The van der Waals surface area contributed by atoms with Crippen molar-refractivity contribution in [3.05, 3.63) is 98.5 Å². The number of anilines is 1. The first-order valence-electron chi connectivity index (χ1n) is 11.1. The van der Waals surface area contributed by atoms with E-state index >= 15 is 4.39 Å². The Kier molecular flexibility index (Phi) is 4.79. The van der Waals surface area contributed by atoms with Crippen LogP contribution in [0.25, 0.3) is 16.8 Å². The third-order valence-corrected chi connectivity index (χ3v) is 7.12. The lowest BCUT2D eigenvalue weighted by Gasteiger charge is -2.35. The molecule has 172 valence electrons. The second-order valence-corrected chi connectivity index (χ2v) is 9.79. The van der Waals surface area contributed by atoms with Crippen molar-refractivity contribution in [1.29, 1.82) is 5.26 Å². The summed E-state index contributed by atoms with van der Waals surface area (Å²) in [5.74, 6) is -1.07. The van der Waals surface area contributed by atoms with Crippen LogP contribution in [0.3, 0.4) is 0 Å². The Morgan fingerprint density at radius 3 is 2.63 bits per heavy atom. The van der Waals surface area contributed by atoms with Crippen molar-refractivity contribution in [2.24, 2.45) is 0 Å². The first-order chi connectivity index (χ1) is 16.8. The molecule has 3 heterocycles. The highest BCUT2D eigenvalue weighted by molar-refractivity contribution is 6.32. The van der Waals surface area contributed by atoms with E-state index in [0.29, 0.717) is 21.8 Å². The van der Waals surface area contributed by atoms with Crippen molar-refractivity contribution < 1.29 is 9.18 Å². The van der Waals surface area contributed by atoms with Gasteiger partial charge in [0.05, 0.1) is 39.8 Å². The number of benzene rings is 3. The minimum atomic E-state index is -0.654. The zero-order valence-corrected chi connectivity index (χ0v) is 20.2. The van der Waals surface area contributed by atoms with Crippen LogP contribution in [0.15, 0.2) is 54.6 Å². The number of nitrogens with zero attached hydrogens (tertiary/aromatic N) is 4. The Morgan fingerprint density at radius 2 is 1.89 bits per heavy atom. The largest absolute Gasteiger partial charge is 0.292 e. The zero-order chi connectivity index (χ0) is 24.6. The van der Waals surface area contributed by atoms with Gasteiger partial charge in [0.25, 0.3) is 5.91 Å². The Balaban J connectivity index is 1.67. The molecular weight excluding hydrogens is 486 g/mol. The molecule has 1 unspecified atom stereocenters. The molecule has 0 saturated carbocycles. The number of carbonyl (C=O) groups is 1. The number of amides is 1. The van der Waals surface area contributed by atoms with Crippen molar-refractivity contribution in [2.75, 3.05) is 4.90 Å². The molecule has 5 nitrogen and oxygen atoms in total. The van der Waals surface area contributed by atoms with Gasteiger partial charge in [-0.1, -0.05) is 55.2 Å². The normalized spacial score (nSPS) is 15.5. The predicted octanol–water partition coefficient (Wildman–Crippen LogP) is 7.04. The standard InChI is InChI=1S/C27H17Cl2FN4O/c1-13(2)24-21-23(32-34(24)16-5-3-4-14(10-16)12-31)27(35)33-25(21)17-7-6-15(28)11-19(17)18-8-9-20(29)22(30)26(18)33/h3-11,13,25H,1-2H3. The quantitative estimate of drug-likeness (QED) is 0.295. The molecule has 2 aliphatic heterocycles. The van der Waals surface area contributed by atoms with Gasteiger partial charge in [-0.15, -0.1) is 0 Å². The second kappa shape index (κ2) is 7.67. The molecule has 8 heteroatoms. The minimum Gasteiger partial charge on any atom is -0.292 e. The van der Waals surface area contributed by atoms with Crippen molar-refractivity contribution in [3.63, 3.8) is 0 Å². The SMILES string of the molecule is CC(C)c1c2c(nn1-c1cccc(C#N)c1)C(=O)N1c3c(ccc(Cl)c3F)-c3cc(Cl)ccc3C21. The summed E-state index contributed by atoms with van der Waals surface area (Å²) in [6.07, 6.45) is 0. The van der Waals surface area contributed by atoms with Gasteiger partial charge in [0.15, 0.2) is 11.5 Å². The summed E-state index contributed by atoms with van der Waals surface area (Å²) in [6, 6.07) is 17.3. The average Bonchev–Trinajstić information content (AvgIpc) is 3.37. The topological polar surface area (TPSA) is 61.9 Å². The number of hydrogen-bond acceptors (Lipinski definition) is 3. The molecular formula is C27H17Cl2FN4O. The van der Waals surface area contributed by atoms with Crippen LogP contribution < -0.4 is 4.90 Å². The molecule has 0 radical (unpaired) electrons. The maximum absolute atomic E-state index is 15.5. The first kappa shape index (κ1) is 21.8. The van der Waals surface area contributed by atoms with Gasteiger partial charge in [0.2, 0.25) is 0 Å². The zero-order valence-electron chi connectivity index (χ0n) is 18.7. The van der Waals surface area contributed by atoms with Crippen LogP contribution in [0.1, 0.15) is 58.7 Å². The van der Waals surface area contributed by atoms with Gasteiger partial charge in [0, 0.05) is 16.1 Å². The van der Waals surface area contributed by atoms with Gasteiger partial charge < -0.3 is 0 Å². The molecule has 0 saturated heterocycles. The van der Waals surface area contributed by atoms with Crippen LogP contribution >= 0.6 is 23.2 Å². The molecule has 1 aromatic heterocycles. The molecule has 0 spiro atoms. The molecule has 0 fully saturated rings. The molecule has 0 bridgehead atoms. The highest BCUT2D eigenvalue weighted by atomic mass is 35.5. The van der Waals surface area contributed by atoms with Gasteiger partial charge in [-0.3, -0.25) is 9.69 Å². The van der Waals surface area contributed by atoms with Crippen molar-refractivity contribution in [1.82, 2.24) is 9.78 Å². The monoisotopic (exact) mass is 502 g/mol. The summed E-state index contributed by atoms with van der Waals surface area (Å²) in [7, 11) is 0. The van der Waals surface area contributed by atoms with E-state index in [0.717, 1.165) is 22.4 Å². The lowest BCUT2D eigenvalue weighted by Crippen LogP contribution is -2.34. The van der Waals surface area contributed by atoms with Gasteiger partial charge in [0.1, 0.15) is 0 Å². The maximum atomic E-state index is 15.5. The van der Waals surface area contributed by atoms with Gasteiger partial charge in [-0.2, -0.15) is 10.4 Å². The van der Waals surface area contributed by atoms with Crippen LogP contribution in [0.5, 0.6) is 0 Å². The van der Waals surface area contributed by atoms with Crippen LogP contribution in [-0.4, -0.2) is 15.7 Å². The highest BCUT2D eigenvalue weighted by Gasteiger charge is 2.49. The second-order valence-electron chi connectivity index (χ2n) is 8.94. The van der Waals surface area contributed by atoms with Crippen molar-refractivity contribution in [2.45, 2.75) is 25.8 Å². The summed E-state index contributed by atoms with van der Waals surface area (Å²) in [5.41, 5.74) is 5.25. The molecule has 3 aromatic carbocycles. The fraction of sp³-hybridized carbons (Fsp3) is 0.148. The van der Waals surface area contributed by atoms with E-state index in [4.69, 9.17) is 28.3 Å². The van der Waals surface area contributed by atoms with Crippen LogP contribution in [0.2, 0.25) is 10.0 Å². The van der Waals surface area contributed by atoms with Crippen LogP contribution in [-0.2, 0) is 0 Å². The molecule has 4 aromatic rings. The Morgan fingerprint density at radius 1 is 1.09 bits per heavy atom. The Hall–Kier alpha value is -3.66. The number of carbonyl (C=O) groups excluding carboxylic acids is 1. The summed E-state index contributed by atoms with van der Waals surface area (Å²) in [6.45, 7) is 4.04. The average molecular weight is 503 g/mol. The number of halogens is 3. The highest BCUT2D eigenvalue weighted by Crippen LogP contribution is 2.55. The van der Waals surface area contributed by atoms with Crippen LogP contribution in [0.4, 0.5) is 10.1 Å². The maximum Gasteiger partial charge on any atom is 0.280 e. The van der Waals surface area contributed by atoms with E-state index in [1.807, 2.05) is 26.0 Å². The van der Waals surface area contributed by atoms with E-state index in [9.17, 15) is 10.1 Å². The minimum absolute atomic E-state index is 0.0221. The summed E-state index contributed by atoms with van der Waals surface area (Å²) >= 11 is 12.5. The lowest BCUT2D eigenvalue weighted by molar-refractivity contribution is 0.0987. The first-order valence-corrected chi connectivity index (χ1v) is 11.8. The van der Waals surface area contributed by atoms with Gasteiger partial charge >= 0.3 is 0 Å². The van der Waals surface area contributed by atoms with Gasteiger partial charge in [-0.25, -0.2) is 9.07 Å². The number of hydrogen-bond donors (Lipinski definition) is 0. The molecule has 1 atom stereocenters. The fourth-order valence-electron chi connectivity index (χ4n) is 5.21. The smallest absolute Gasteiger partial charge is 0.280 e. The summed E-state index contributed by atoms with van der Waals surface area (Å²) in [5, 5.41) is 14.5. The molecule has 1 amide bonds. The molecule has 2 aliphatic rings. The van der Waals surface area contributed by atoms with Crippen molar-refractivity contribution >= 4 is 34.8 Å². The number of nitriles is 1. The Labute approximate surface area is 210 Å². The molecule has 0 N–H and O–H groups in total. The number of fused-ring (bicyclic) bond motifs is 8. The third kappa shape index (κ3) is 2.99. The molecule has 35 heavy (non-hydrogen) atoms. The van der Waals surface area contributed by atoms with Gasteiger partial charge in [-0.05, 0) is 53.4 Å². The summed E-state index contributed by atoms with van der Waals surface area (Å²) < 4.78 is 17.2. The molecule has 6 rings (SSSR count). The van der Waals surface area contributed by atoms with E-state index in [2.05, 4.69) is 6.07 Å². The lowest BCUT2D eigenvalue weighted by atomic mass is 9.85. The van der Waals surface area contributed by atoms with Crippen LogP contribution in [0, 0.1) is 17.1 Å².